The summed E-state index contributed by atoms with van der Waals surface area (Å²) in [5.41, 5.74) is 1.80. The van der Waals surface area contributed by atoms with Crippen LogP contribution in [-0.4, -0.2) is 9.78 Å². The van der Waals surface area contributed by atoms with Crippen molar-refractivity contribution >= 4 is 35.4 Å². The zero-order valence-electron chi connectivity index (χ0n) is 7.92. The Bertz CT molecular complexity index is 557. The topological polar surface area (TPSA) is 20.7 Å². The molecule has 0 saturated heterocycles. The number of aryl methyl sites for hydroxylation is 1. The van der Waals surface area contributed by atoms with Gasteiger partial charge < -0.3 is 0 Å². The van der Waals surface area contributed by atoms with E-state index in [4.69, 9.17) is 35.4 Å². The highest BCUT2D eigenvalue weighted by atomic mass is 35.5. The molecule has 0 amide bonds. The third kappa shape index (κ3) is 2.09. The number of H-pyrrole nitrogens is 1. The SMILES string of the molecule is Cc1cc(=S)n(-c2ccc(Cl)cc2Cl)[nH]1. The Labute approximate surface area is 102 Å². The van der Waals surface area contributed by atoms with E-state index in [9.17, 15) is 0 Å². The molecule has 78 valence electrons. The number of nitrogens with one attached hydrogen (secondary N) is 1. The van der Waals surface area contributed by atoms with Crippen LogP contribution in [0.5, 0.6) is 0 Å². The molecule has 0 atom stereocenters. The minimum Gasteiger partial charge on any atom is -0.297 e. The van der Waals surface area contributed by atoms with Gasteiger partial charge in [0.2, 0.25) is 0 Å². The third-order valence-electron chi connectivity index (χ3n) is 2.00. The highest BCUT2D eigenvalue weighted by molar-refractivity contribution is 7.71. The van der Waals surface area contributed by atoms with E-state index in [0.29, 0.717) is 14.7 Å². The van der Waals surface area contributed by atoms with Crippen LogP contribution in [0.1, 0.15) is 5.69 Å². The summed E-state index contributed by atoms with van der Waals surface area (Å²) >= 11 is 17.1. The summed E-state index contributed by atoms with van der Waals surface area (Å²) in [6.45, 7) is 1.94. The van der Waals surface area contributed by atoms with Crippen LogP contribution in [0.2, 0.25) is 10.0 Å². The second-order valence-corrected chi connectivity index (χ2v) is 4.47. The molecule has 0 bridgehead atoms. The number of nitrogens with zero attached hydrogens (tertiary/aromatic N) is 1. The van der Waals surface area contributed by atoms with Gasteiger partial charge in [-0.3, -0.25) is 5.10 Å². The normalized spacial score (nSPS) is 10.6. The Morgan fingerprint density at radius 1 is 1.27 bits per heavy atom. The second kappa shape index (κ2) is 4.00. The molecule has 0 aliphatic rings. The van der Waals surface area contributed by atoms with E-state index in [1.54, 1.807) is 16.8 Å². The van der Waals surface area contributed by atoms with Crippen LogP contribution in [0.15, 0.2) is 24.3 Å². The number of halogens is 2. The highest BCUT2D eigenvalue weighted by Gasteiger charge is 2.05. The zero-order valence-corrected chi connectivity index (χ0v) is 10.2. The van der Waals surface area contributed by atoms with Crippen molar-refractivity contribution in [2.24, 2.45) is 0 Å². The molecular formula is C10H8Cl2N2S. The Balaban J connectivity index is 2.64. The first-order chi connectivity index (χ1) is 7.08. The minimum absolute atomic E-state index is 0.570. The van der Waals surface area contributed by atoms with Gasteiger partial charge in [0.05, 0.1) is 10.7 Å². The van der Waals surface area contributed by atoms with E-state index in [2.05, 4.69) is 5.10 Å². The molecule has 0 fully saturated rings. The van der Waals surface area contributed by atoms with Gasteiger partial charge in [0.15, 0.2) is 0 Å². The Kier molecular flexibility index (Phi) is 2.87. The number of aromatic amines is 1. The lowest BCUT2D eigenvalue weighted by molar-refractivity contribution is 0.853. The molecule has 2 nitrogen and oxygen atoms in total. The smallest absolute Gasteiger partial charge is 0.128 e. The van der Waals surface area contributed by atoms with Crippen LogP contribution in [0.25, 0.3) is 5.69 Å². The minimum atomic E-state index is 0.570. The molecule has 0 radical (unpaired) electrons. The molecule has 2 aromatic rings. The fourth-order valence-corrected chi connectivity index (χ4v) is 2.17. The largest absolute Gasteiger partial charge is 0.297 e. The average molecular weight is 259 g/mol. The van der Waals surface area contributed by atoms with Crippen molar-refractivity contribution < 1.29 is 0 Å². The number of hydrogen-bond acceptors (Lipinski definition) is 1. The molecule has 0 unspecified atom stereocenters. The Hall–Kier alpha value is -0.770. The van der Waals surface area contributed by atoms with Gasteiger partial charge in [0.1, 0.15) is 4.64 Å². The predicted octanol–water partition coefficient (Wildman–Crippen LogP) is 4.15. The summed E-state index contributed by atoms with van der Waals surface area (Å²) < 4.78 is 2.44. The first-order valence-corrected chi connectivity index (χ1v) is 5.48. The quantitative estimate of drug-likeness (QED) is 0.763. The lowest BCUT2D eigenvalue weighted by Crippen LogP contribution is -1.97. The number of aromatic nitrogens is 2. The maximum Gasteiger partial charge on any atom is 0.128 e. The predicted molar refractivity (Wildman–Crippen MR) is 65.7 cm³/mol. The van der Waals surface area contributed by atoms with Crippen molar-refractivity contribution in [3.63, 3.8) is 0 Å². The van der Waals surface area contributed by atoms with Crippen molar-refractivity contribution in [2.45, 2.75) is 6.92 Å². The Morgan fingerprint density at radius 2 is 2.00 bits per heavy atom. The third-order valence-corrected chi connectivity index (χ3v) is 2.84. The van der Waals surface area contributed by atoms with Gasteiger partial charge in [-0.15, -0.1) is 0 Å². The van der Waals surface area contributed by atoms with Crippen molar-refractivity contribution in [3.8, 4) is 5.69 Å². The van der Waals surface area contributed by atoms with Gasteiger partial charge in [-0.1, -0.05) is 35.4 Å². The van der Waals surface area contributed by atoms with E-state index in [1.807, 2.05) is 19.1 Å². The van der Waals surface area contributed by atoms with Crippen LogP contribution in [0.4, 0.5) is 0 Å². The number of hydrogen-bond donors (Lipinski definition) is 1. The summed E-state index contributed by atoms with van der Waals surface area (Å²) in [5.74, 6) is 0. The van der Waals surface area contributed by atoms with E-state index in [0.717, 1.165) is 11.4 Å². The van der Waals surface area contributed by atoms with Gasteiger partial charge in [-0.2, -0.15) is 0 Å². The maximum absolute atomic E-state index is 6.07. The van der Waals surface area contributed by atoms with E-state index >= 15 is 0 Å². The van der Waals surface area contributed by atoms with Gasteiger partial charge >= 0.3 is 0 Å². The second-order valence-electron chi connectivity index (χ2n) is 3.21. The van der Waals surface area contributed by atoms with Gasteiger partial charge in [-0.25, -0.2) is 4.68 Å². The molecule has 1 heterocycles. The summed E-state index contributed by atoms with van der Waals surface area (Å²) in [6, 6.07) is 7.17. The van der Waals surface area contributed by atoms with Gasteiger partial charge in [-0.05, 0) is 31.2 Å². The number of benzene rings is 1. The standard InChI is InChI=1S/C10H8Cl2N2S/c1-6-4-10(15)14(13-6)9-3-2-7(11)5-8(9)12/h2-5,13H,1H3. The summed E-state index contributed by atoms with van der Waals surface area (Å²) in [4.78, 5) is 0. The summed E-state index contributed by atoms with van der Waals surface area (Å²) in [7, 11) is 0. The molecule has 15 heavy (non-hydrogen) atoms. The Morgan fingerprint density at radius 3 is 2.53 bits per heavy atom. The highest BCUT2D eigenvalue weighted by Crippen LogP contribution is 2.24. The number of rotatable bonds is 1. The van der Waals surface area contributed by atoms with Crippen LogP contribution in [0.3, 0.4) is 0 Å². The van der Waals surface area contributed by atoms with Crippen molar-refractivity contribution in [1.82, 2.24) is 9.78 Å². The molecular weight excluding hydrogens is 251 g/mol. The monoisotopic (exact) mass is 258 g/mol. The van der Waals surface area contributed by atoms with Crippen molar-refractivity contribution in [3.05, 3.63) is 44.6 Å². The fraction of sp³-hybridized carbons (Fsp3) is 0.100. The van der Waals surface area contributed by atoms with Crippen LogP contribution < -0.4 is 0 Å². The molecule has 0 aliphatic heterocycles. The van der Waals surface area contributed by atoms with E-state index < -0.39 is 0 Å². The van der Waals surface area contributed by atoms with Crippen LogP contribution >= 0.6 is 35.4 Å². The molecule has 1 aromatic carbocycles. The lowest BCUT2D eigenvalue weighted by Gasteiger charge is -2.05. The average Bonchev–Trinajstić information content (AvgIpc) is 2.45. The van der Waals surface area contributed by atoms with Gasteiger partial charge in [0, 0.05) is 10.7 Å². The van der Waals surface area contributed by atoms with Crippen molar-refractivity contribution in [1.29, 1.82) is 0 Å². The molecule has 1 aromatic heterocycles. The molecule has 5 heteroatoms. The van der Waals surface area contributed by atoms with E-state index in [1.165, 1.54) is 0 Å². The first kappa shape index (κ1) is 10.7. The summed E-state index contributed by atoms with van der Waals surface area (Å²) in [6.07, 6.45) is 0. The van der Waals surface area contributed by atoms with E-state index in [-0.39, 0.29) is 0 Å². The molecule has 2 rings (SSSR count). The molecule has 0 spiro atoms. The van der Waals surface area contributed by atoms with Crippen molar-refractivity contribution in [2.75, 3.05) is 0 Å². The molecule has 0 aliphatic carbocycles. The summed E-state index contributed by atoms with van der Waals surface area (Å²) in [5, 5.41) is 4.29. The fourth-order valence-electron chi connectivity index (χ4n) is 1.36. The first-order valence-electron chi connectivity index (χ1n) is 4.32. The van der Waals surface area contributed by atoms with Crippen LogP contribution in [0, 0.1) is 11.6 Å². The maximum atomic E-state index is 6.07. The molecule has 1 N–H and O–H groups in total. The van der Waals surface area contributed by atoms with Crippen LogP contribution in [-0.2, 0) is 0 Å². The molecule has 0 saturated carbocycles. The zero-order chi connectivity index (χ0) is 11.0. The lowest BCUT2D eigenvalue weighted by atomic mass is 10.3. The van der Waals surface area contributed by atoms with Gasteiger partial charge in [0.25, 0.3) is 0 Å².